The van der Waals surface area contributed by atoms with Gasteiger partial charge in [-0.2, -0.15) is 4.98 Å². The number of aryl methyl sites for hydroxylation is 2. The Kier molecular flexibility index (Phi) is 4.21. The van der Waals surface area contributed by atoms with Gasteiger partial charge in [0.2, 0.25) is 0 Å². The molecule has 7 nitrogen and oxygen atoms in total. The Labute approximate surface area is 135 Å². The zero-order chi connectivity index (χ0) is 16.6. The lowest BCUT2D eigenvalue weighted by Gasteiger charge is -2.33. The van der Waals surface area contributed by atoms with Crippen LogP contribution in [0.1, 0.15) is 46.4 Å². The van der Waals surface area contributed by atoms with Crippen LogP contribution in [-0.4, -0.2) is 45.3 Å². The number of hydrogen-bond acceptors (Lipinski definition) is 5. The number of morpholine rings is 1. The second-order valence-electron chi connectivity index (χ2n) is 5.80. The van der Waals surface area contributed by atoms with Crippen molar-refractivity contribution < 1.29 is 14.1 Å². The van der Waals surface area contributed by atoms with E-state index in [2.05, 4.69) is 21.6 Å². The average molecular weight is 318 g/mol. The van der Waals surface area contributed by atoms with Crippen molar-refractivity contribution in [3.8, 4) is 0 Å². The van der Waals surface area contributed by atoms with Gasteiger partial charge >= 0.3 is 0 Å². The van der Waals surface area contributed by atoms with Gasteiger partial charge in [0.05, 0.1) is 18.8 Å². The van der Waals surface area contributed by atoms with Gasteiger partial charge in [0.25, 0.3) is 11.8 Å². The molecule has 0 unspecified atom stereocenters. The molecule has 0 spiro atoms. The molecule has 2 aromatic rings. The van der Waals surface area contributed by atoms with E-state index in [0.717, 1.165) is 23.5 Å². The van der Waals surface area contributed by atoms with Crippen molar-refractivity contribution in [1.82, 2.24) is 19.6 Å². The zero-order valence-electron chi connectivity index (χ0n) is 14.0. The van der Waals surface area contributed by atoms with Gasteiger partial charge in [0, 0.05) is 24.5 Å². The number of carbonyl (C=O) groups is 1. The highest BCUT2D eigenvalue weighted by Gasteiger charge is 2.34. The maximum Gasteiger partial charge on any atom is 0.256 e. The van der Waals surface area contributed by atoms with Crippen molar-refractivity contribution in [1.29, 1.82) is 0 Å². The summed E-state index contributed by atoms with van der Waals surface area (Å²) in [5.41, 5.74) is 2.81. The first kappa shape index (κ1) is 15.7. The van der Waals surface area contributed by atoms with Gasteiger partial charge in [-0.15, -0.1) is 0 Å². The number of rotatable bonds is 3. The number of hydrogen-bond donors (Lipinski definition) is 0. The van der Waals surface area contributed by atoms with E-state index in [1.54, 1.807) is 11.8 Å². The molecule has 0 radical (unpaired) electrons. The molecule has 1 aliphatic rings. The van der Waals surface area contributed by atoms with E-state index >= 15 is 0 Å². The molecule has 3 rings (SSSR count). The van der Waals surface area contributed by atoms with Gasteiger partial charge < -0.3 is 18.7 Å². The van der Waals surface area contributed by atoms with Crippen molar-refractivity contribution in [3.05, 3.63) is 34.7 Å². The van der Waals surface area contributed by atoms with Gasteiger partial charge in [0.1, 0.15) is 6.04 Å². The smallest absolute Gasteiger partial charge is 0.256 e. The molecule has 1 atom stereocenters. The van der Waals surface area contributed by atoms with Crippen LogP contribution in [0, 0.1) is 20.8 Å². The third-order valence-electron chi connectivity index (χ3n) is 4.34. The van der Waals surface area contributed by atoms with E-state index in [1.165, 1.54) is 0 Å². The summed E-state index contributed by atoms with van der Waals surface area (Å²) in [5, 5.41) is 3.82. The molecule has 23 heavy (non-hydrogen) atoms. The van der Waals surface area contributed by atoms with Crippen molar-refractivity contribution >= 4 is 5.91 Å². The van der Waals surface area contributed by atoms with Crippen molar-refractivity contribution in [2.75, 3.05) is 19.8 Å². The fourth-order valence-electron chi connectivity index (χ4n) is 3.16. The predicted molar refractivity (Wildman–Crippen MR) is 83.2 cm³/mol. The van der Waals surface area contributed by atoms with Crippen LogP contribution in [0.25, 0.3) is 0 Å². The van der Waals surface area contributed by atoms with Crippen molar-refractivity contribution in [2.45, 2.75) is 40.3 Å². The molecular formula is C16H22N4O3. The summed E-state index contributed by atoms with van der Waals surface area (Å²) >= 11 is 0. The quantitative estimate of drug-likeness (QED) is 0.866. The molecule has 124 valence electrons. The number of carbonyl (C=O) groups excluding carboxylic acids is 1. The second kappa shape index (κ2) is 6.16. The van der Waals surface area contributed by atoms with E-state index in [-0.39, 0.29) is 11.9 Å². The SMILES string of the molecule is CCn1c(C)cc(C(=O)N2CCOC[C@@H]2c2nc(C)no2)c1C. The summed E-state index contributed by atoms with van der Waals surface area (Å²) in [6.45, 7) is 10.1. The molecule has 0 saturated carbocycles. The summed E-state index contributed by atoms with van der Waals surface area (Å²) < 4.78 is 12.9. The van der Waals surface area contributed by atoms with Gasteiger partial charge in [-0.05, 0) is 33.8 Å². The molecule has 0 N–H and O–H groups in total. The van der Waals surface area contributed by atoms with E-state index in [1.807, 2.05) is 19.9 Å². The second-order valence-corrected chi connectivity index (χ2v) is 5.80. The van der Waals surface area contributed by atoms with Crippen LogP contribution in [0.3, 0.4) is 0 Å². The lowest BCUT2D eigenvalue weighted by Crippen LogP contribution is -2.43. The first-order valence-corrected chi connectivity index (χ1v) is 7.88. The predicted octanol–water partition coefficient (Wildman–Crippen LogP) is 2.03. The highest BCUT2D eigenvalue weighted by molar-refractivity contribution is 5.96. The number of aromatic nitrogens is 3. The maximum absolute atomic E-state index is 13.1. The molecule has 1 amide bonds. The van der Waals surface area contributed by atoms with Crippen molar-refractivity contribution in [2.24, 2.45) is 0 Å². The highest BCUT2D eigenvalue weighted by Crippen LogP contribution is 2.26. The van der Waals surface area contributed by atoms with E-state index in [9.17, 15) is 4.79 Å². The zero-order valence-corrected chi connectivity index (χ0v) is 14.0. The molecule has 2 aromatic heterocycles. The number of ether oxygens (including phenoxy) is 1. The van der Waals surface area contributed by atoms with Gasteiger partial charge in [-0.1, -0.05) is 5.16 Å². The van der Waals surface area contributed by atoms with Crippen LogP contribution in [0.5, 0.6) is 0 Å². The summed E-state index contributed by atoms with van der Waals surface area (Å²) in [7, 11) is 0. The van der Waals surface area contributed by atoms with E-state index < -0.39 is 0 Å². The molecule has 1 aliphatic heterocycles. The van der Waals surface area contributed by atoms with Crippen LogP contribution in [-0.2, 0) is 11.3 Å². The van der Waals surface area contributed by atoms with Crippen LogP contribution in [0.4, 0.5) is 0 Å². The molecule has 0 bridgehead atoms. The summed E-state index contributed by atoms with van der Waals surface area (Å²) in [6.07, 6.45) is 0. The van der Waals surface area contributed by atoms with Crippen molar-refractivity contribution in [3.63, 3.8) is 0 Å². The molecule has 7 heteroatoms. The highest BCUT2D eigenvalue weighted by atomic mass is 16.5. The number of amides is 1. The minimum Gasteiger partial charge on any atom is -0.377 e. The maximum atomic E-state index is 13.1. The lowest BCUT2D eigenvalue weighted by atomic mass is 10.1. The molecule has 1 saturated heterocycles. The summed E-state index contributed by atoms with van der Waals surface area (Å²) in [6, 6.07) is 1.62. The molecule has 1 fully saturated rings. The molecule has 3 heterocycles. The fraction of sp³-hybridized carbons (Fsp3) is 0.562. The van der Waals surface area contributed by atoms with Crippen LogP contribution in [0.2, 0.25) is 0 Å². The Bertz CT molecular complexity index is 719. The van der Waals surface area contributed by atoms with Crippen LogP contribution in [0.15, 0.2) is 10.6 Å². The number of nitrogens with zero attached hydrogens (tertiary/aromatic N) is 4. The Morgan fingerprint density at radius 1 is 1.39 bits per heavy atom. The third-order valence-corrected chi connectivity index (χ3v) is 4.34. The first-order valence-electron chi connectivity index (χ1n) is 7.88. The van der Waals surface area contributed by atoms with Crippen LogP contribution < -0.4 is 0 Å². The minimum absolute atomic E-state index is 0.0121. The topological polar surface area (TPSA) is 73.4 Å². The monoisotopic (exact) mass is 318 g/mol. The standard InChI is InChI=1S/C16H22N4O3/c1-5-19-10(2)8-13(11(19)3)16(21)20-6-7-22-9-14(20)15-17-12(4)18-23-15/h8,14H,5-7,9H2,1-4H3/t14-/m1/s1. The molecule has 0 aromatic carbocycles. The van der Waals surface area contributed by atoms with E-state index in [4.69, 9.17) is 9.26 Å². The van der Waals surface area contributed by atoms with E-state index in [0.29, 0.717) is 31.5 Å². The van der Waals surface area contributed by atoms with Crippen LogP contribution >= 0.6 is 0 Å². The minimum atomic E-state index is -0.331. The Morgan fingerprint density at radius 3 is 2.78 bits per heavy atom. The normalized spacial score (nSPS) is 18.4. The van der Waals surface area contributed by atoms with Gasteiger partial charge in [-0.3, -0.25) is 4.79 Å². The Balaban J connectivity index is 1.93. The summed E-state index contributed by atoms with van der Waals surface area (Å²) in [4.78, 5) is 19.1. The fourth-order valence-corrected chi connectivity index (χ4v) is 3.16. The largest absolute Gasteiger partial charge is 0.377 e. The first-order chi connectivity index (χ1) is 11.0. The third kappa shape index (κ3) is 2.76. The average Bonchev–Trinajstić information content (AvgIpc) is 3.10. The molecular weight excluding hydrogens is 296 g/mol. The lowest BCUT2D eigenvalue weighted by molar-refractivity contribution is -0.0119. The van der Waals surface area contributed by atoms with Gasteiger partial charge in [-0.25, -0.2) is 0 Å². The summed E-state index contributed by atoms with van der Waals surface area (Å²) in [5.74, 6) is 0.976. The van der Waals surface area contributed by atoms with Gasteiger partial charge in [0.15, 0.2) is 5.82 Å². The Hall–Kier alpha value is -2.15. The molecule has 0 aliphatic carbocycles. The Morgan fingerprint density at radius 2 is 2.17 bits per heavy atom.